The van der Waals surface area contributed by atoms with Gasteiger partial charge in [0.1, 0.15) is 0 Å². The third kappa shape index (κ3) is 1.90. The summed E-state index contributed by atoms with van der Waals surface area (Å²) in [4.78, 5) is 3.42. The van der Waals surface area contributed by atoms with Crippen LogP contribution in [0.25, 0.3) is 11.1 Å². The lowest BCUT2D eigenvalue weighted by atomic mass is 9.97. The van der Waals surface area contributed by atoms with Gasteiger partial charge in [0.25, 0.3) is 0 Å². The molecule has 0 radical (unpaired) electrons. The summed E-state index contributed by atoms with van der Waals surface area (Å²) >= 11 is 0. The molecule has 0 aliphatic carbocycles. The number of aromatic nitrogens is 1. The van der Waals surface area contributed by atoms with Crippen molar-refractivity contribution in [2.24, 2.45) is 0 Å². The largest absolute Gasteiger partial charge is 0.364 e. The predicted molar refractivity (Wildman–Crippen MR) is 69.7 cm³/mol. The standard InChI is InChI=1S/C15H19N/c1-4-11(2)15-12(3)14(10-16-15)13-8-6-5-7-9-13/h5-11,16H,4H2,1-3H3. The average molecular weight is 213 g/mol. The lowest BCUT2D eigenvalue weighted by molar-refractivity contribution is 0.708. The van der Waals surface area contributed by atoms with Gasteiger partial charge >= 0.3 is 0 Å². The molecule has 0 spiro atoms. The van der Waals surface area contributed by atoms with E-state index in [0.29, 0.717) is 5.92 Å². The number of hydrogen-bond acceptors (Lipinski definition) is 0. The molecule has 1 N–H and O–H groups in total. The molecule has 0 aliphatic rings. The molecular weight excluding hydrogens is 194 g/mol. The first kappa shape index (κ1) is 11.0. The Morgan fingerprint density at radius 3 is 2.50 bits per heavy atom. The molecule has 1 nitrogen and oxygen atoms in total. The second-order valence-electron chi connectivity index (χ2n) is 4.42. The molecule has 2 rings (SSSR count). The maximum absolute atomic E-state index is 3.42. The predicted octanol–water partition coefficient (Wildman–Crippen LogP) is 4.50. The van der Waals surface area contributed by atoms with Gasteiger partial charge in [0.15, 0.2) is 0 Å². The van der Waals surface area contributed by atoms with E-state index in [1.54, 1.807) is 0 Å². The highest BCUT2D eigenvalue weighted by Crippen LogP contribution is 2.30. The molecular formula is C15H19N. The van der Waals surface area contributed by atoms with Crippen molar-refractivity contribution in [3.63, 3.8) is 0 Å². The molecule has 0 saturated carbocycles. The fourth-order valence-corrected chi connectivity index (χ4v) is 2.15. The van der Waals surface area contributed by atoms with E-state index in [9.17, 15) is 0 Å². The van der Waals surface area contributed by atoms with Crippen LogP contribution in [0.1, 0.15) is 37.4 Å². The minimum atomic E-state index is 0.609. The summed E-state index contributed by atoms with van der Waals surface area (Å²) in [6, 6.07) is 10.6. The fourth-order valence-electron chi connectivity index (χ4n) is 2.15. The van der Waals surface area contributed by atoms with Gasteiger partial charge < -0.3 is 4.98 Å². The van der Waals surface area contributed by atoms with E-state index in [4.69, 9.17) is 0 Å². The lowest BCUT2D eigenvalue weighted by Crippen LogP contribution is -1.93. The molecule has 16 heavy (non-hydrogen) atoms. The van der Waals surface area contributed by atoms with Crippen molar-refractivity contribution in [2.45, 2.75) is 33.1 Å². The molecule has 1 aromatic carbocycles. The topological polar surface area (TPSA) is 15.8 Å². The molecule has 1 heterocycles. The zero-order chi connectivity index (χ0) is 11.5. The maximum atomic E-state index is 3.42. The van der Waals surface area contributed by atoms with Crippen LogP contribution in [-0.2, 0) is 0 Å². The molecule has 0 bridgehead atoms. The highest BCUT2D eigenvalue weighted by atomic mass is 14.7. The highest BCUT2D eigenvalue weighted by Gasteiger charge is 2.12. The minimum absolute atomic E-state index is 0.609. The van der Waals surface area contributed by atoms with Gasteiger partial charge in [-0.05, 0) is 30.4 Å². The zero-order valence-electron chi connectivity index (χ0n) is 10.2. The van der Waals surface area contributed by atoms with Crippen LogP contribution in [0.3, 0.4) is 0 Å². The summed E-state index contributed by atoms with van der Waals surface area (Å²) in [5.74, 6) is 0.609. The van der Waals surface area contributed by atoms with E-state index >= 15 is 0 Å². The van der Waals surface area contributed by atoms with Crippen LogP contribution in [0.15, 0.2) is 36.5 Å². The number of rotatable bonds is 3. The van der Waals surface area contributed by atoms with E-state index in [1.807, 2.05) is 0 Å². The molecule has 0 fully saturated rings. The highest BCUT2D eigenvalue weighted by molar-refractivity contribution is 5.67. The number of H-pyrrole nitrogens is 1. The van der Waals surface area contributed by atoms with Crippen LogP contribution >= 0.6 is 0 Å². The molecule has 0 aliphatic heterocycles. The monoisotopic (exact) mass is 213 g/mol. The van der Waals surface area contributed by atoms with Crippen molar-refractivity contribution in [1.29, 1.82) is 0 Å². The minimum Gasteiger partial charge on any atom is -0.364 e. The van der Waals surface area contributed by atoms with Crippen molar-refractivity contribution >= 4 is 0 Å². The van der Waals surface area contributed by atoms with Gasteiger partial charge in [-0.2, -0.15) is 0 Å². The summed E-state index contributed by atoms with van der Waals surface area (Å²) in [6.45, 7) is 6.71. The first-order valence-corrected chi connectivity index (χ1v) is 5.97. The van der Waals surface area contributed by atoms with E-state index < -0.39 is 0 Å². The van der Waals surface area contributed by atoms with Crippen LogP contribution in [0.5, 0.6) is 0 Å². The Morgan fingerprint density at radius 1 is 1.19 bits per heavy atom. The molecule has 0 saturated heterocycles. The van der Waals surface area contributed by atoms with Gasteiger partial charge in [-0.1, -0.05) is 44.2 Å². The SMILES string of the molecule is CCC(C)c1[nH]cc(-c2ccccc2)c1C. The zero-order valence-corrected chi connectivity index (χ0v) is 10.2. The molecule has 1 aromatic heterocycles. The van der Waals surface area contributed by atoms with E-state index in [2.05, 4.69) is 62.3 Å². The summed E-state index contributed by atoms with van der Waals surface area (Å²) in [7, 11) is 0. The second kappa shape index (κ2) is 4.56. The van der Waals surface area contributed by atoms with Gasteiger partial charge in [0.2, 0.25) is 0 Å². The van der Waals surface area contributed by atoms with Crippen molar-refractivity contribution in [3.8, 4) is 11.1 Å². The Bertz CT molecular complexity index is 454. The number of hydrogen-bond donors (Lipinski definition) is 1. The van der Waals surface area contributed by atoms with Gasteiger partial charge in [-0.25, -0.2) is 0 Å². The van der Waals surface area contributed by atoms with Gasteiger partial charge in [0.05, 0.1) is 0 Å². The van der Waals surface area contributed by atoms with Gasteiger partial charge in [-0.15, -0.1) is 0 Å². The van der Waals surface area contributed by atoms with Crippen LogP contribution in [0.4, 0.5) is 0 Å². The normalized spacial score (nSPS) is 12.7. The third-order valence-electron chi connectivity index (χ3n) is 3.37. The first-order valence-electron chi connectivity index (χ1n) is 5.97. The first-order chi connectivity index (χ1) is 7.74. The van der Waals surface area contributed by atoms with Gasteiger partial charge in [-0.3, -0.25) is 0 Å². The van der Waals surface area contributed by atoms with Crippen molar-refractivity contribution in [1.82, 2.24) is 4.98 Å². The smallest absolute Gasteiger partial charge is 0.0211 e. The summed E-state index contributed by atoms with van der Waals surface area (Å²) < 4.78 is 0. The Balaban J connectivity index is 2.41. The van der Waals surface area contributed by atoms with Crippen molar-refractivity contribution in [2.75, 3.05) is 0 Å². The van der Waals surface area contributed by atoms with E-state index in [-0.39, 0.29) is 0 Å². The Kier molecular flexibility index (Phi) is 3.14. The number of aromatic amines is 1. The average Bonchev–Trinajstić information content (AvgIpc) is 2.71. The van der Waals surface area contributed by atoms with Crippen LogP contribution in [0, 0.1) is 6.92 Å². The molecule has 84 valence electrons. The molecule has 1 heteroatoms. The number of benzene rings is 1. The third-order valence-corrected chi connectivity index (χ3v) is 3.37. The number of nitrogens with one attached hydrogen (secondary N) is 1. The van der Waals surface area contributed by atoms with Crippen molar-refractivity contribution in [3.05, 3.63) is 47.8 Å². The summed E-state index contributed by atoms with van der Waals surface area (Å²) in [6.07, 6.45) is 3.31. The summed E-state index contributed by atoms with van der Waals surface area (Å²) in [5.41, 5.74) is 5.39. The van der Waals surface area contributed by atoms with Crippen LogP contribution in [0.2, 0.25) is 0 Å². The Morgan fingerprint density at radius 2 is 1.88 bits per heavy atom. The molecule has 0 amide bonds. The van der Waals surface area contributed by atoms with Crippen molar-refractivity contribution < 1.29 is 0 Å². The molecule has 1 atom stereocenters. The van der Waals surface area contributed by atoms with E-state index in [0.717, 1.165) is 0 Å². The second-order valence-corrected chi connectivity index (χ2v) is 4.42. The maximum Gasteiger partial charge on any atom is 0.0211 e. The van der Waals surface area contributed by atoms with Crippen LogP contribution < -0.4 is 0 Å². The lowest BCUT2D eigenvalue weighted by Gasteiger charge is -2.08. The molecule has 1 unspecified atom stereocenters. The quantitative estimate of drug-likeness (QED) is 0.772. The Hall–Kier alpha value is -1.50. The Labute approximate surface area is 97.5 Å². The van der Waals surface area contributed by atoms with Crippen LogP contribution in [-0.4, -0.2) is 4.98 Å². The fraction of sp³-hybridized carbons (Fsp3) is 0.333. The summed E-state index contributed by atoms with van der Waals surface area (Å²) in [5, 5.41) is 0. The molecule has 2 aromatic rings. The van der Waals surface area contributed by atoms with Gasteiger partial charge in [0, 0.05) is 17.5 Å². The van der Waals surface area contributed by atoms with E-state index in [1.165, 1.54) is 28.8 Å².